The van der Waals surface area contributed by atoms with Gasteiger partial charge in [-0.3, -0.25) is 19.4 Å². The molecule has 0 bridgehead atoms. The van der Waals surface area contributed by atoms with Crippen molar-refractivity contribution in [3.8, 4) is 11.5 Å². The summed E-state index contributed by atoms with van der Waals surface area (Å²) in [5, 5.41) is 15.5. The molecule has 44 heavy (non-hydrogen) atoms. The Labute approximate surface area is 259 Å². The lowest BCUT2D eigenvalue weighted by Crippen LogP contribution is -2.38. The molecule has 0 aliphatic carbocycles. The second-order valence-electron chi connectivity index (χ2n) is 9.94. The van der Waals surface area contributed by atoms with Crippen LogP contribution in [0.3, 0.4) is 0 Å². The van der Waals surface area contributed by atoms with Gasteiger partial charge < -0.3 is 30.7 Å². The Morgan fingerprint density at radius 1 is 1.23 bits per heavy atom. The highest BCUT2D eigenvalue weighted by atomic mass is 32.2. The van der Waals surface area contributed by atoms with Gasteiger partial charge in [0.05, 0.1) is 28.9 Å². The standard InChI is InChI=1S/C13H8O2S.C9H11N3O.C8H16N2O.CH2F2O/c14-8-9-5-6-13-11(7-9)15-10-3-1-2-4-12(10)16-13;13-6-11-5-8-3-7-4-10-2-1-9(7)12-8;1-7-4-3-5-10(7)8(11)6-9-2;2-1(3)4/h1-8H;1-4,6-7,9,12H,5H2,(H,11,13);7,9H,3-6H2,1-2H3;1,4H. The molecule has 1 saturated heterocycles. The molecule has 236 valence electrons. The van der Waals surface area contributed by atoms with Gasteiger partial charge in [-0.05, 0) is 57.2 Å². The number of amides is 2. The number of likely N-dealkylation sites (tertiary alicyclic amines) is 1. The molecule has 10 nitrogen and oxygen atoms in total. The first kappa shape index (κ1) is 34.4. The van der Waals surface area contributed by atoms with E-state index in [1.807, 2.05) is 47.5 Å². The summed E-state index contributed by atoms with van der Waals surface area (Å²) in [5.41, 5.74) is 1.69. The SMILES string of the molecule is CNCC(=O)N1CCCC1C.O=CNCC1=CC2C=NC=CC2N1.O=Cc1ccc2c(c1)Oc1ccccc1S2.OC(F)F. The van der Waals surface area contributed by atoms with E-state index >= 15 is 0 Å². The van der Waals surface area contributed by atoms with Crippen LogP contribution >= 0.6 is 11.8 Å². The molecule has 2 aromatic rings. The molecule has 0 saturated carbocycles. The number of alkyl halides is 2. The number of halogens is 2. The maximum atomic E-state index is 11.3. The van der Waals surface area contributed by atoms with Crippen LogP contribution in [0.1, 0.15) is 30.1 Å². The largest absolute Gasteiger partial charge is 0.455 e. The normalized spacial score (nSPS) is 19.9. The van der Waals surface area contributed by atoms with E-state index in [9.17, 15) is 23.2 Å². The van der Waals surface area contributed by atoms with Gasteiger partial charge in [0.1, 0.15) is 17.8 Å². The second-order valence-corrected chi connectivity index (χ2v) is 11.0. The molecule has 4 heterocycles. The number of rotatable bonds is 6. The van der Waals surface area contributed by atoms with Crippen molar-refractivity contribution in [1.82, 2.24) is 20.9 Å². The third kappa shape index (κ3) is 10.6. The molecule has 1 fully saturated rings. The van der Waals surface area contributed by atoms with Crippen molar-refractivity contribution < 1.29 is 33.0 Å². The summed E-state index contributed by atoms with van der Waals surface area (Å²) in [6.07, 6.45) is 11.7. The van der Waals surface area contributed by atoms with Crippen molar-refractivity contribution in [3.63, 3.8) is 0 Å². The minimum atomic E-state index is -3.17. The first-order valence-corrected chi connectivity index (χ1v) is 14.9. The van der Waals surface area contributed by atoms with Crippen molar-refractivity contribution in [1.29, 1.82) is 0 Å². The van der Waals surface area contributed by atoms with Crippen LogP contribution in [-0.4, -0.2) is 80.2 Å². The summed E-state index contributed by atoms with van der Waals surface area (Å²) in [6, 6.07) is 14.1. The number of ether oxygens (including phenoxy) is 1. The molecule has 6 rings (SSSR count). The summed E-state index contributed by atoms with van der Waals surface area (Å²) in [6.45, 7) is 0.935. The quantitative estimate of drug-likeness (QED) is 0.301. The van der Waals surface area contributed by atoms with Crippen LogP contribution in [-0.2, 0) is 9.59 Å². The number of benzene rings is 2. The predicted molar refractivity (Wildman–Crippen MR) is 165 cm³/mol. The molecule has 4 aliphatic rings. The zero-order valence-electron chi connectivity index (χ0n) is 24.5. The summed E-state index contributed by atoms with van der Waals surface area (Å²) >= 11 is 1.66. The summed E-state index contributed by atoms with van der Waals surface area (Å²) in [5.74, 6) is 2.18. The average Bonchev–Trinajstić information content (AvgIpc) is 3.65. The molecule has 0 spiro atoms. The van der Waals surface area contributed by atoms with Gasteiger partial charge in [-0.25, -0.2) is 0 Å². The van der Waals surface area contributed by atoms with Crippen LogP contribution in [0.25, 0.3) is 0 Å². The first-order chi connectivity index (χ1) is 21.2. The predicted octanol–water partition coefficient (Wildman–Crippen LogP) is 3.98. The fourth-order valence-electron chi connectivity index (χ4n) is 4.73. The Morgan fingerprint density at radius 2 is 1.98 bits per heavy atom. The summed E-state index contributed by atoms with van der Waals surface area (Å²) in [7, 11) is 1.80. The van der Waals surface area contributed by atoms with Crippen LogP contribution in [0.5, 0.6) is 11.5 Å². The number of aldehydes is 1. The maximum absolute atomic E-state index is 11.3. The van der Waals surface area contributed by atoms with Gasteiger partial charge in [0.15, 0.2) is 0 Å². The summed E-state index contributed by atoms with van der Waals surface area (Å²) in [4.78, 5) is 40.2. The number of hydrogen-bond donors (Lipinski definition) is 4. The highest BCUT2D eigenvalue weighted by Gasteiger charge is 2.25. The van der Waals surface area contributed by atoms with E-state index in [1.165, 1.54) is 0 Å². The molecule has 0 aromatic heterocycles. The van der Waals surface area contributed by atoms with Crippen LogP contribution in [0.4, 0.5) is 8.78 Å². The van der Waals surface area contributed by atoms with Gasteiger partial charge in [-0.15, -0.1) is 0 Å². The minimum Gasteiger partial charge on any atom is -0.455 e. The lowest BCUT2D eigenvalue weighted by molar-refractivity contribution is -0.130. The molecule has 4 N–H and O–H groups in total. The Kier molecular flexibility index (Phi) is 14.0. The number of aliphatic imine (C=N–C) groups is 1. The summed E-state index contributed by atoms with van der Waals surface area (Å²) < 4.78 is 25.5. The zero-order valence-corrected chi connectivity index (χ0v) is 25.3. The average molecular weight is 630 g/mol. The Balaban J connectivity index is 0.000000173. The number of carbonyl (C=O) groups is 3. The monoisotopic (exact) mass is 629 g/mol. The Morgan fingerprint density at radius 3 is 2.64 bits per heavy atom. The molecule has 2 amide bonds. The van der Waals surface area contributed by atoms with Crippen molar-refractivity contribution in [2.24, 2.45) is 10.9 Å². The van der Waals surface area contributed by atoms with Gasteiger partial charge in [-0.1, -0.05) is 36.0 Å². The number of fused-ring (bicyclic) bond motifs is 3. The number of nitrogens with zero attached hydrogens (tertiary/aromatic N) is 2. The van der Waals surface area contributed by atoms with Gasteiger partial charge in [0.2, 0.25) is 12.3 Å². The molecule has 3 unspecified atom stereocenters. The molecule has 4 aliphatic heterocycles. The fourth-order valence-corrected chi connectivity index (χ4v) is 5.67. The van der Waals surface area contributed by atoms with E-state index < -0.39 is 6.61 Å². The number of nitrogens with one attached hydrogen (secondary N) is 3. The van der Waals surface area contributed by atoms with Crippen LogP contribution in [0.15, 0.2) is 81.3 Å². The highest BCUT2D eigenvalue weighted by Crippen LogP contribution is 2.46. The molecular weight excluding hydrogens is 592 g/mol. The van der Waals surface area contributed by atoms with Crippen molar-refractivity contribution in [2.45, 2.75) is 48.3 Å². The molecule has 13 heteroatoms. The zero-order chi connectivity index (χ0) is 31.9. The smallest absolute Gasteiger partial charge is 0.342 e. The molecule has 2 aromatic carbocycles. The lowest BCUT2D eigenvalue weighted by atomic mass is 10.0. The van der Waals surface area contributed by atoms with Gasteiger partial charge in [0, 0.05) is 42.2 Å². The number of likely N-dealkylation sites (N-methyl/N-ethyl adjacent to an activating group) is 1. The number of para-hydroxylation sites is 1. The van der Waals surface area contributed by atoms with Gasteiger partial charge in [-0.2, -0.15) is 8.78 Å². The van der Waals surface area contributed by atoms with E-state index in [0.29, 0.717) is 43.1 Å². The van der Waals surface area contributed by atoms with E-state index in [-0.39, 0.29) is 5.91 Å². The highest BCUT2D eigenvalue weighted by molar-refractivity contribution is 7.99. The van der Waals surface area contributed by atoms with Crippen molar-refractivity contribution >= 4 is 36.6 Å². The van der Waals surface area contributed by atoms with E-state index in [0.717, 1.165) is 52.7 Å². The van der Waals surface area contributed by atoms with E-state index in [2.05, 4.69) is 33.9 Å². The number of carbonyl (C=O) groups excluding carboxylic acids is 3. The van der Waals surface area contributed by atoms with Gasteiger partial charge in [0.25, 0.3) is 0 Å². The topological polar surface area (TPSA) is 132 Å². The number of hydrogen-bond acceptors (Lipinski definition) is 9. The van der Waals surface area contributed by atoms with Crippen molar-refractivity contribution in [3.05, 3.63) is 72.1 Å². The van der Waals surface area contributed by atoms with E-state index in [1.54, 1.807) is 37.1 Å². The van der Waals surface area contributed by atoms with Crippen molar-refractivity contribution in [2.75, 3.05) is 26.7 Å². The molecule has 0 radical (unpaired) electrons. The molecule has 3 atom stereocenters. The maximum Gasteiger partial charge on any atom is 0.342 e. The number of aliphatic hydroxyl groups excluding tert-OH is 1. The fraction of sp³-hybridized carbons (Fsp3) is 0.355. The van der Waals surface area contributed by atoms with Gasteiger partial charge >= 0.3 is 6.61 Å². The lowest BCUT2D eigenvalue weighted by Gasteiger charge is -2.20. The minimum absolute atomic E-state index is 0.234. The third-order valence-corrected chi connectivity index (χ3v) is 7.88. The second kappa shape index (κ2) is 17.9. The van der Waals surface area contributed by atoms with E-state index in [4.69, 9.17) is 9.84 Å². The molecular formula is C31H37F2N5O5S. The first-order valence-electron chi connectivity index (χ1n) is 14.0. The van der Waals surface area contributed by atoms with Crippen LogP contribution < -0.4 is 20.7 Å². The Bertz CT molecular complexity index is 1350. The van der Waals surface area contributed by atoms with Crippen LogP contribution in [0, 0.1) is 5.92 Å². The Hall–Kier alpha value is -4.07. The van der Waals surface area contributed by atoms with Crippen LogP contribution in [0.2, 0.25) is 0 Å². The third-order valence-electron chi connectivity index (χ3n) is 6.77. The number of aliphatic hydroxyl groups is 1.